The van der Waals surface area contributed by atoms with Crippen molar-refractivity contribution in [3.05, 3.63) is 63.9 Å². The van der Waals surface area contributed by atoms with Crippen LogP contribution in [0.25, 0.3) is 5.57 Å². The van der Waals surface area contributed by atoms with Crippen LogP contribution in [0.5, 0.6) is 0 Å². The second-order valence-electron chi connectivity index (χ2n) is 7.76. The average molecular weight is 506 g/mol. The van der Waals surface area contributed by atoms with E-state index < -0.39 is 42.0 Å². The lowest BCUT2D eigenvalue weighted by molar-refractivity contribution is -0.138. The number of benzene rings is 1. The average Bonchev–Trinajstić information content (AvgIpc) is 2.77. The zero-order valence-corrected chi connectivity index (χ0v) is 18.6. The number of pyridine rings is 1. The van der Waals surface area contributed by atoms with Crippen molar-refractivity contribution < 1.29 is 37.0 Å². The summed E-state index contributed by atoms with van der Waals surface area (Å²) < 4.78 is 66.9. The molecule has 3 N–H and O–H groups in total. The number of amides is 2. The maximum atomic E-state index is 14.1. The second-order valence-corrected chi connectivity index (χ2v) is 8.17. The minimum absolute atomic E-state index is 0.0209. The van der Waals surface area contributed by atoms with Crippen LogP contribution in [-0.2, 0) is 12.1 Å². The van der Waals surface area contributed by atoms with Gasteiger partial charge in [-0.25, -0.2) is 4.79 Å². The van der Waals surface area contributed by atoms with Crippen molar-refractivity contribution in [3.8, 4) is 0 Å². The number of aliphatic hydroxyl groups excluding tert-OH is 2. The first-order valence-electron chi connectivity index (χ1n) is 10.1. The molecule has 2 heterocycles. The molecule has 1 aromatic carbocycles. The number of aliphatic hydroxyl groups is 2. The molecule has 0 spiro atoms. The molecule has 0 saturated heterocycles. The Morgan fingerprint density at radius 3 is 2.50 bits per heavy atom. The number of halogens is 6. The standard InChI is InChI=1S/C22H21ClF5N3O3/c1-12-8-15(2-3-16(12)22(26,27)28)30-20(34)31-6-4-13(5-7-31)19-17(23)9-14(10-29-19)21(24,25)18(33)11-32/h2-4,8-10,18,32-33H,5-7,11H2,1H3,(H,30,34)/t18-/m0/s1. The molecule has 1 aliphatic heterocycles. The normalized spacial score (nSPS) is 15.7. The Kier molecular flexibility index (Phi) is 7.49. The smallest absolute Gasteiger partial charge is 0.393 e. The third-order valence-electron chi connectivity index (χ3n) is 5.40. The zero-order valence-electron chi connectivity index (χ0n) is 17.8. The highest BCUT2D eigenvalue weighted by Gasteiger charge is 2.41. The number of urea groups is 1. The molecule has 0 bridgehead atoms. The first-order chi connectivity index (χ1) is 15.8. The van der Waals surface area contributed by atoms with E-state index >= 15 is 0 Å². The third kappa shape index (κ3) is 5.48. The van der Waals surface area contributed by atoms with E-state index in [1.165, 1.54) is 24.0 Å². The van der Waals surface area contributed by atoms with E-state index in [4.69, 9.17) is 16.7 Å². The van der Waals surface area contributed by atoms with Crippen molar-refractivity contribution in [1.82, 2.24) is 9.88 Å². The van der Waals surface area contributed by atoms with Gasteiger partial charge >= 0.3 is 18.1 Å². The summed E-state index contributed by atoms with van der Waals surface area (Å²) in [7, 11) is 0. The van der Waals surface area contributed by atoms with Crippen molar-refractivity contribution in [2.24, 2.45) is 0 Å². The minimum atomic E-state index is -4.48. The molecule has 0 aliphatic carbocycles. The fourth-order valence-electron chi connectivity index (χ4n) is 3.49. The van der Waals surface area contributed by atoms with Gasteiger partial charge in [-0.3, -0.25) is 4.98 Å². The lowest BCUT2D eigenvalue weighted by Crippen LogP contribution is -2.38. The van der Waals surface area contributed by atoms with Crippen molar-refractivity contribution in [2.45, 2.75) is 31.5 Å². The van der Waals surface area contributed by atoms with Gasteiger partial charge in [0.15, 0.2) is 0 Å². The summed E-state index contributed by atoms with van der Waals surface area (Å²) in [5.41, 5.74) is -0.360. The van der Waals surface area contributed by atoms with E-state index in [0.29, 0.717) is 12.0 Å². The van der Waals surface area contributed by atoms with Crippen molar-refractivity contribution in [1.29, 1.82) is 0 Å². The summed E-state index contributed by atoms with van der Waals surface area (Å²) in [5, 5.41) is 20.6. The highest BCUT2D eigenvalue weighted by molar-refractivity contribution is 6.32. The molecule has 0 fully saturated rings. The number of alkyl halides is 5. The summed E-state index contributed by atoms with van der Waals surface area (Å²) in [6.07, 6.45) is -3.96. The molecule has 34 heavy (non-hydrogen) atoms. The molecule has 0 radical (unpaired) electrons. The maximum absolute atomic E-state index is 14.1. The zero-order chi connectivity index (χ0) is 25.3. The monoisotopic (exact) mass is 505 g/mol. The van der Waals surface area contributed by atoms with Crippen molar-refractivity contribution in [2.75, 3.05) is 25.0 Å². The van der Waals surface area contributed by atoms with Gasteiger partial charge in [-0.1, -0.05) is 17.7 Å². The highest BCUT2D eigenvalue weighted by Crippen LogP contribution is 2.36. The number of hydrogen-bond donors (Lipinski definition) is 3. The van der Waals surface area contributed by atoms with Gasteiger partial charge in [0.25, 0.3) is 0 Å². The molecule has 184 valence electrons. The summed E-state index contributed by atoms with van der Waals surface area (Å²) in [6.45, 7) is 0.536. The topological polar surface area (TPSA) is 85.7 Å². The molecule has 1 atom stereocenters. The SMILES string of the molecule is Cc1cc(NC(=O)N2CC=C(c3ncc(C(F)(F)[C@@H](O)CO)cc3Cl)CC2)ccc1C(F)(F)F. The first kappa shape index (κ1) is 25.9. The fraction of sp³-hybridized carbons (Fsp3) is 0.364. The molecule has 0 unspecified atom stereocenters. The van der Waals surface area contributed by atoms with E-state index in [0.717, 1.165) is 18.3 Å². The lowest BCUT2D eigenvalue weighted by Gasteiger charge is -2.27. The molecule has 1 aliphatic rings. The van der Waals surface area contributed by atoms with Crippen molar-refractivity contribution >= 4 is 28.9 Å². The van der Waals surface area contributed by atoms with Gasteiger partial charge in [-0.2, -0.15) is 22.0 Å². The Morgan fingerprint density at radius 2 is 1.97 bits per heavy atom. The van der Waals surface area contributed by atoms with Crippen LogP contribution in [0.15, 0.2) is 36.5 Å². The van der Waals surface area contributed by atoms with Crippen LogP contribution in [0.2, 0.25) is 5.02 Å². The quantitative estimate of drug-likeness (QED) is 0.508. The Balaban J connectivity index is 1.68. The first-order valence-corrected chi connectivity index (χ1v) is 10.5. The molecule has 2 aromatic rings. The van der Waals surface area contributed by atoms with Gasteiger partial charge < -0.3 is 20.4 Å². The molecule has 0 saturated carbocycles. The van der Waals surface area contributed by atoms with Gasteiger partial charge in [0, 0.05) is 30.5 Å². The van der Waals surface area contributed by atoms with Gasteiger partial charge in [-0.05, 0) is 48.7 Å². The van der Waals surface area contributed by atoms with Crippen LogP contribution in [-0.4, -0.2) is 51.9 Å². The number of rotatable bonds is 5. The molecular weight excluding hydrogens is 485 g/mol. The van der Waals surface area contributed by atoms with E-state index in [1.54, 1.807) is 6.08 Å². The van der Waals surface area contributed by atoms with Crippen molar-refractivity contribution in [3.63, 3.8) is 0 Å². The fourth-order valence-corrected chi connectivity index (χ4v) is 3.78. The van der Waals surface area contributed by atoms with Crippen LogP contribution in [0.3, 0.4) is 0 Å². The van der Waals surface area contributed by atoms with Crippen LogP contribution < -0.4 is 5.32 Å². The van der Waals surface area contributed by atoms with Gasteiger partial charge in [0.2, 0.25) is 0 Å². The predicted octanol–water partition coefficient (Wildman–Crippen LogP) is 4.83. The van der Waals surface area contributed by atoms with E-state index in [-0.39, 0.29) is 35.1 Å². The largest absolute Gasteiger partial charge is 0.416 e. The Hall–Kier alpha value is -2.76. The number of carbonyl (C=O) groups is 1. The number of aromatic nitrogens is 1. The Bertz CT molecular complexity index is 1110. The van der Waals surface area contributed by atoms with Gasteiger partial charge in [0.1, 0.15) is 6.10 Å². The predicted molar refractivity (Wildman–Crippen MR) is 116 cm³/mol. The number of nitrogens with zero attached hydrogens (tertiary/aromatic N) is 2. The van der Waals surface area contributed by atoms with E-state index in [2.05, 4.69) is 10.3 Å². The summed E-state index contributed by atoms with van der Waals surface area (Å²) in [6, 6.07) is 3.77. The summed E-state index contributed by atoms with van der Waals surface area (Å²) in [5.74, 6) is -3.74. The van der Waals surface area contributed by atoms with E-state index in [9.17, 15) is 31.9 Å². The van der Waals surface area contributed by atoms with Crippen LogP contribution in [0.4, 0.5) is 32.4 Å². The molecule has 2 amide bonds. The number of nitrogens with one attached hydrogen (secondary N) is 1. The number of anilines is 1. The lowest BCUT2D eigenvalue weighted by atomic mass is 10.0. The molecule has 3 rings (SSSR count). The molecule has 6 nitrogen and oxygen atoms in total. The number of carbonyl (C=O) groups excluding carboxylic acids is 1. The van der Waals surface area contributed by atoms with Gasteiger partial charge in [0.05, 0.1) is 22.9 Å². The number of hydrogen-bond acceptors (Lipinski definition) is 4. The van der Waals surface area contributed by atoms with Crippen LogP contribution >= 0.6 is 11.6 Å². The Morgan fingerprint density at radius 1 is 1.26 bits per heavy atom. The minimum Gasteiger partial charge on any atom is -0.393 e. The molecule has 12 heteroatoms. The molecule has 1 aromatic heterocycles. The Labute approximate surface area is 196 Å². The number of aryl methyl sites for hydroxylation is 1. The van der Waals surface area contributed by atoms with Crippen LogP contribution in [0.1, 0.15) is 28.8 Å². The highest BCUT2D eigenvalue weighted by atomic mass is 35.5. The third-order valence-corrected chi connectivity index (χ3v) is 5.69. The van der Waals surface area contributed by atoms with Crippen LogP contribution in [0, 0.1) is 6.92 Å². The second kappa shape index (κ2) is 9.85. The maximum Gasteiger partial charge on any atom is 0.416 e. The summed E-state index contributed by atoms with van der Waals surface area (Å²) >= 11 is 6.13. The van der Waals surface area contributed by atoms with Gasteiger partial charge in [-0.15, -0.1) is 0 Å². The van der Waals surface area contributed by atoms with E-state index in [1.807, 2.05) is 0 Å². The summed E-state index contributed by atoms with van der Waals surface area (Å²) in [4.78, 5) is 17.9. The molecular formula is C22H21ClF5N3O3.